The van der Waals surface area contributed by atoms with Crippen LogP contribution in [0.1, 0.15) is 46.8 Å². The van der Waals surface area contributed by atoms with Crippen LogP contribution in [-0.2, 0) is 5.41 Å². The topological polar surface area (TPSA) is 207 Å². The molecule has 0 radical (unpaired) electrons. The highest BCUT2D eigenvalue weighted by atomic mass is 16.5. The zero-order valence-corrected chi connectivity index (χ0v) is 22.2. The maximum absolute atomic E-state index is 13.5. The number of aliphatic hydroxyl groups is 1. The number of aromatic nitrogens is 2. The van der Waals surface area contributed by atoms with E-state index in [4.69, 9.17) is 16.2 Å². The molecule has 1 aromatic heterocycles. The summed E-state index contributed by atoms with van der Waals surface area (Å²) >= 11 is 0. The van der Waals surface area contributed by atoms with Gasteiger partial charge in [0.05, 0.1) is 18.2 Å². The standard InChI is InChI=1S/C26H32N10O4/c1-25(2)7-10-40-17-13(5-3-6-14(17)25)21(38)32-16-12-36-24(28)33-15(11-31-22(39)20-29-8-4-9-30-20)18-26(36,19(16)37)35-23(27)34-18/h3-6,8-9,15-16,18-19,37H,7,10-12H2,1-2H3,(H2,28,33)(H,31,39)(H,32,38)(H3,27,34,35)/p+1/t15-,16?,18-,19+,26?/m0/s1. The number of hydrogen-bond donors (Lipinski definition) is 7. The highest BCUT2D eigenvalue weighted by Crippen LogP contribution is 2.41. The molecule has 6 rings (SSSR count). The van der Waals surface area contributed by atoms with Crippen LogP contribution in [0.15, 0.2) is 41.7 Å². The lowest BCUT2D eigenvalue weighted by molar-refractivity contribution is -0.513. The number of para-hydroxylation sites is 1. The van der Waals surface area contributed by atoms with Crippen molar-refractivity contribution in [3.63, 3.8) is 0 Å². The number of benzene rings is 1. The van der Waals surface area contributed by atoms with Gasteiger partial charge < -0.3 is 31.1 Å². The van der Waals surface area contributed by atoms with Gasteiger partial charge in [0.1, 0.15) is 17.9 Å². The fourth-order valence-electron chi connectivity index (χ4n) is 6.18. The van der Waals surface area contributed by atoms with Gasteiger partial charge in [0.15, 0.2) is 12.0 Å². The lowest BCUT2D eigenvalue weighted by Crippen LogP contribution is -2.88. The lowest BCUT2D eigenvalue weighted by Gasteiger charge is -2.43. The summed E-state index contributed by atoms with van der Waals surface area (Å²) in [5, 5.41) is 20.6. The number of carbonyl (C=O) groups excluding carboxylic acids is 2. The first-order valence-electron chi connectivity index (χ1n) is 13.2. The van der Waals surface area contributed by atoms with E-state index in [1.54, 1.807) is 17.0 Å². The number of guanidine groups is 2. The molecule has 9 N–H and O–H groups in total. The van der Waals surface area contributed by atoms with Crippen molar-refractivity contribution in [1.29, 1.82) is 0 Å². The molecule has 5 atom stereocenters. The number of fused-ring (bicyclic) bond motifs is 1. The molecule has 0 saturated carbocycles. The van der Waals surface area contributed by atoms with Gasteiger partial charge >= 0.3 is 5.96 Å². The van der Waals surface area contributed by atoms with E-state index in [1.165, 1.54) is 12.4 Å². The Morgan fingerprint density at radius 2 is 2.00 bits per heavy atom. The monoisotopic (exact) mass is 549 g/mol. The van der Waals surface area contributed by atoms with Gasteiger partial charge in [-0.3, -0.25) is 20.3 Å². The summed E-state index contributed by atoms with van der Waals surface area (Å²) in [6, 6.07) is 5.26. The summed E-state index contributed by atoms with van der Waals surface area (Å²) in [5.41, 5.74) is 12.6. The molecule has 1 saturated heterocycles. The van der Waals surface area contributed by atoms with E-state index in [9.17, 15) is 14.7 Å². The van der Waals surface area contributed by atoms with Gasteiger partial charge in [-0.15, -0.1) is 0 Å². The third kappa shape index (κ3) is 3.97. The van der Waals surface area contributed by atoms with Crippen molar-refractivity contribution in [2.75, 3.05) is 19.7 Å². The van der Waals surface area contributed by atoms with E-state index < -0.39 is 35.8 Å². The molecule has 40 heavy (non-hydrogen) atoms. The van der Waals surface area contributed by atoms with Crippen LogP contribution in [0.3, 0.4) is 0 Å². The summed E-state index contributed by atoms with van der Waals surface area (Å²) in [4.78, 5) is 43.5. The van der Waals surface area contributed by atoms with E-state index in [2.05, 4.69) is 49.8 Å². The minimum Gasteiger partial charge on any atom is -0.492 e. The van der Waals surface area contributed by atoms with Crippen LogP contribution in [0.25, 0.3) is 0 Å². The minimum atomic E-state index is -1.21. The quantitative estimate of drug-likeness (QED) is 0.196. The highest BCUT2D eigenvalue weighted by molar-refractivity contribution is 5.98. The average Bonchev–Trinajstić information content (AvgIpc) is 3.43. The molecule has 2 amide bonds. The van der Waals surface area contributed by atoms with Gasteiger partial charge in [0.25, 0.3) is 11.8 Å². The Morgan fingerprint density at radius 3 is 2.77 bits per heavy atom. The summed E-state index contributed by atoms with van der Waals surface area (Å²) < 4.78 is 5.93. The summed E-state index contributed by atoms with van der Waals surface area (Å²) in [7, 11) is 0. The average molecular weight is 550 g/mol. The molecular weight excluding hydrogens is 516 g/mol. The van der Waals surface area contributed by atoms with Crippen molar-refractivity contribution >= 4 is 23.7 Å². The number of aliphatic imine (C=N–C) groups is 1. The number of rotatable bonds is 5. The first-order valence-corrected chi connectivity index (χ1v) is 13.2. The number of amides is 2. The Morgan fingerprint density at radius 1 is 1.23 bits per heavy atom. The van der Waals surface area contributed by atoms with Crippen molar-refractivity contribution in [2.45, 2.75) is 55.6 Å². The summed E-state index contributed by atoms with van der Waals surface area (Å²) in [6.07, 6.45) is 2.66. The Bertz CT molecular complexity index is 1410. The Hall–Kier alpha value is -4.46. The second kappa shape index (κ2) is 9.33. The molecular formula is C26H33N10O4+. The zero-order chi connectivity index (χ0) is 28.2. The number of nitrogens with one attached hydrogen (secondary N) is 4. The second-order valence-corrected chi connectivity index (χ2v) is 11.1. The molecule has 14 heteroatoms. The zero-order valence-electron chi connectivity index (χ0n) is 22.2. The third-order valence-corrected chi connectivity index (χ3v) is 8.26. The molecule has 210 valence electrons. The molecule has 1 spiro atoms. The van der Waals surface area contributed by atoms with Crippen LogP contribution in [0.5, 0.6) is 5.75 Å². The van der Waals surface area contributed by atoms with Gasteiger partial charge in [0.2, 0.25) is 11.5 Å². The van der Waals surface area contributed by atoms with Crippen LogP contribution in [0.2, 0.25) is 0 Å². The van der Waals surface area contributed by atoms with Crippen molar-refractivity contribution < 1.29 is 24.4 Å². The summed E-state index contributed by atoms with van der Waals surface area (Å²) in [6.45, 7) is 5.02. The van der Waals surface area contributed by atoms with Crippen molar-refractivity contribution in [3.05, 3.63) is 53.6 Å². The van der Waals surface area contributed by atoms with Crippen LogP contribution < -0.4 is 37.1 Å². The number of carbonyl (C=O) groups is 2. The predicted octanol–water partition coefficient (Wildman–Crippen LogP) is -3.50. The molecule has 1 fully saturated rings. The number of nitrogens with zero attached hydrogens (tertiary/aromatic N) is 4. The first-order chi connectivity index (χ1) is 19.1. The molecule has 4 aliphatic rings. The Balaban J connectivity index is 1.23. The van der Waals surface area contributed by atoms with Crippen molar-refractivity contribution in [2.24, 2.45) is 16.5 Å². The number of ether oxygens (including phenoxy) is 1. The Kier molecular flexibility index (Phi) is 6.02. The van der Waals surface area contributed by atoms with Crippen LogP contribution >= 0.6 is 0 Å². The SMILES string of the molecule is CC1(C)CCOc2c(C(=O)NC3CN4C(N)=N[C@@H](CNC(=O)c5ncccn5)[C@@H]5[NH+]=C(N)NC54[C@@H]3O)cccc21. The fourth-order valence-corrected chi connectivity index (χ4v) is 6.18. The normalized spacial score (nSPS) is 29.5. The molecule has 4 aliphatic heterocycles. The van der Waals surface area contributed by atoms with E-state index >= 15 is 0 Å². The van der Waals surface area contributed by atoms with Gasteiger partial charge in [-0.25, -0.2) is 20.3 Å². The van der Waals surface area contributed by atoms with Crippen LogP contribution in [0.4, 0.5) is 0 Å². The second-order valence-electron chi connectivity index (χ2n) is 11.1. The fraction of sp³-hybridized carbons (Fsp3) is 0.462. The number of hydrogen-bond acceptors (Lipinski definition) is 11. The predicted molar refractivity (Wildman–Crippen MR) is 143 cm³/mol. The largest absolute Gasteiger partial charge is 0.492 e. The molecule has 14 nitrogen and oxygen atoms in total. The molecule has 5 heterocycles. The van der Waals surface area contributed by atoms with E-state index in [0.717, 1.165) is 12.0 Å². The van der Waals surface area contributed by atoms with Crippen molar-refractivity contribution in [1.82, 2.24) is 30.8 Å². The van der Waals surface area contributed by atoms with E-state index in [-0.39, 0.29) is 42.2 Å². The number of nitrogens with two attached hydrogens (primary N) is 2. The third-order valence-electron chi connectivity index (χ3n) is 8.26. The van der Waals surface area contributed by atoms with E-state index in [0.29, 0.717) is 17.9 Å². The van der Waals surface area contributed by atoms with E-state index in [1.807, 2.05) is 12.1 Å². The molecule has 2 unspecified atom stereocenters. The molecule has 2 aromatic rings. The number of aliphatic hydroxyl groups excluding tert-OH is 1. The molecule has 0 aliphatic carbocycles. The van der Waals surface area contributed by atoms with Gasteiger partial charge in [-0.2, -0.15) is 0 Å². The molecule has 1 aromatic carbocycles. The van der Waals surface area contributed by atoms with Crippen LogP contribution in [0, 0.1) is 0 Å². The highest BCUT2D eigenvalue weighted by Gasteiger charge is 2.68. The van der Waals surface area contributed by atoms with Gasteiger partial charge in [-0.05, 0) is 24.0 Å². The maximum Gasteiger partial charge on any atom is 0.343 e. The smallest absolute Gasteiger partial charge is 0.343 e. The Labute approximate surface area is 230 Å². The van der Waals surface area contributed by atoms with Gasteiger partial charge in [-0.1, -0.05) is 26.0 Å². The lowest BCUT2D eigenvalue weighted by atomic mass is 9.79. The molecule has 0 bridgehead atoms. The van der Waals surface area contributed by atoms with Gasteiger partial charge in [0, 0.05) is 31.0 Å². The summed E-state index contributed by atoms with van der Waals surface area (Å²) in [5.74, 6) is 0.123. The maximum atomic E-state index is 13.5. The van der Waals surface area contributed by atoms with Crippen molar-refractivity contribution in [3.8, 4) is 5.75 Å². The van der Waals surface area contributed by atoms with Crippen LogP contribution in [-0.4, -0.2) is 93.3 Å². The minimum absolute atomic E-state index is 0.0225. The first kappa shape index (κ1) is 25.8.